The van der Waals surface area contributed by atoms with Crippen molar-refractivity contribution >= 4 is 22.8 Å². The van der Waals surface area contributed by atoms with Crippen molar-refractivity contribution in [2.24, 2.45) is 0 Å². The Bertz CT molecular complexity index is 1270. The molecule has 1 fully saturated rings. The molecule has 162 valence electrons. The van der Waals surface area contributed by atoms with E-state index >= 15 is 0 Å². The van der Waals surface area contributed by atoms with Crippen molar-refractivity contribution in [1.29, 1.82) is 0 Å². The lowest BCUT2D eigenvalue weighted by Gasteiger charge is -2.39. The third-order valence-electron chi connectivity index (χ3n) is 7.42. The van der Waals surface area contributed by atoms with Crippen molar-refractivity contribution in [1.82, 2.24) is 9.88 Å². The maximum absolute atomic E-state index is 14.0. The highest BCUT2D eigenvalue weighted by atomic mass is 16.5. The zero-order chi connectivity index (χ0) is 21.9. The van der Waals surface area contributed by atoms with E-state index in [-0.39, 0.29) is 5.91 Å². The molecule has 0 atom stereocenters. The summed E-state index contributed by atoms with van der Waals surface area (Å²) in [5.74, 6) is 1.01. The van der Waals surface area contributed by atoms with Gasteiger partial charge in [-0.1, -0.05) is 18.2 Å². The Balaban J connectivity index is 1.40. The second-order valence-electron chi connectivity index (χ2n) is 9.15. The van der Waals surface area contributed by atoms with E-state index in [1.165, 1.54) is 5.56 Å². The van der Waals surface area contributed by atoms with Gasteiger partial charge in [0.05, 0.1) is 18.3 Å². The van der Waals surface area contributed by atoms with Crippen molar-refractivity contribution in [3.63, 3.8) is 0 Å². The molecule has 3 aliphatic carbocycles. The normalized spacial score (nSPS) is 18.2. The molecule has 4 aliphatic rings. The lowest BCUT2D eigenvalue weighted by Crippen LogP contribution is -2.45. The maximum atomic E-state index is 14.0. The molecule has 5 nitrogen and oxygen atoms in total. The van der Waals surface area contributed by atoms with Gasteiger partial charge in [0.15, 0.2) is 0 Å². The van der Waals surface area contributed by atoms with Gasteiger partial charge in [-0.05, 0) is 66.0 Å². The van der Waals surface area contributed by atoms with Gasteiger partial charge in [0, 0.05) is 48.4 Å². The molecule has 1 amide bonds. The summed E-state index contributed by atoms with van der Waals surface area (Å²) in [6.45, 7) is 1.05. The summed E-state index contributed by atoms with van der Waals surface area (Å²) in [6.07, 6.45) is 11.5. The number of fused-ring (bicyclic) bond motifs is 1. The van der Waals surface area contributed by atoms with E-state index in [0.717, 1.165) is 63.6 Å². The van der Waals surface area contributed by atoms with Crippen molar-refractivity contribution in [2.75, 3.05) is 20.2 Å². The summed E-state index contributed by atoms with van der Waals surface area (Å²) in [5, 5.41) is 13.4. The van der Waals surface area contributed by atoms with Crippen LogP contribution in [-0.4, -0.2) is 41.1 Å². The smallest absolute Gasteiger partial charge is 0.254 e. The molecular formula is C27H26N2O3. The number of allylic oxidation sites excluding steroid dienone is 1. The number of amides is 1. The minimum Gasteiger partial charge on any atom is -0.496 e. The summed E-state index contributed by atoms with van der Waals surface area (Å²) in [5.41, 5.74) is 5.41. The third-order valence-corrected chi connectivity index (χ3v) is 7.42. The predicted molar refractivity (Wildman–Crippen MR) is 124 cm³/mol. The van der Waals surface area contributed by atoms with Gasteiger partial charge < -0.3 is 14.7 Å². The third kappa shape index (κ3) is 2.81. The number of benzene rings is 2. The second kappa shape index (κ2) is 7.17. The number of carbonyl (C=O) groups excluding carboxylic acids is 1. The topological polar surface area (TPSA) is 62.7 Å². The Kier molecular flexibility index (Phi) is 4.37. The van der Waals surface area contributed by atoms with E-state index in [4.69, 9.17) is 4.74 Å². The SMILES string of the molecule is COc1c2cc3cc4c(c(C(=O)N5CCC(O)(c6cccnc6)CC5)c3c1C2)CCC=C4. The minimum atomic E-state index is -0.930. The Morgan fingerprint density at radius 2 is 2.06 bits per heavy atom. The van der Waals surface area contributed by atoms with Crippen LogP contribution in [0.4, 0.5) is 0 Å². The summed E-state index contributed by atoms with van der Waals surface area (Å²) in [7, 11) is 1.71. The molecule has 32 heavy (non-hydrogen) atoms. The lowest BCUT2D eigenvalue weighted by molar-refractivity contribution is -0.0213. The quantitative estimate of drug-likeness (QED) is 0.533. The fraction of sp³-hybridized carbons (Fsp3) is 0.333. The van der Waals surface area contributed by atoms with E-state index in [0.29, 0.717) is 25.9 Å². The maximum Gasteiger partial charge on any atom is 0.254 e. The molecular weight excluding hydrogens is 400 g/mol. The number of ether oxygens (including phenoxy) is 1. The first kappa shape index (κ1) is 19.5. The first-order valence-electron chi connectivity index (χ1n) is 11.4. The Hall–Kier alpha value is -3.18. The van der Waals surface area contributed by atoms with Gasteiger partial charge in [0.1, 0.15) is 5.75 Å². The summed E-state index contributed by atoms with van der Waals surface area (Å²) in [6, 6.07) is 8.17. The fourth-order valence-electron chi connectivity index (χ4n) is 5.66. The molecule has 7 rings (SSSR count). The van der Waals surface area contributed by atoms with Gasteiger partial charge >= 0.3 is 0 Å². The largest absolute Gasteiger partial charge is 0.496 e. The fourth-order valence-corrected chi connectivity index (χ4v) is 5.66. The number of carbonyl (C=O) groups is 1. The van der Waals surface area contributed by atoms with Gasteiger partial charge in [0.2, 0.25) is 0 Å². The van der Waals surface area contributed by atoms with Crippen LogP contribution in [0.25, 0.3) is 16.8 Å². The number of piperidine rings is 1. The second-order valence-corrected chi connectivity index (χ2v) is 9.15. The molecule has 1 saturated heterocycles. The molecule has 1 N–H and O–H groups in total. The molecule has 2 aromatic carbocycles. The molecule has 0 unspecified atom stereocenters. The molecule has 0 radical (unpaired) electrons. The highest BCUT2D eigenvalue weighted by Gasteiger charge is 2.38. The van der Waals surface area contributed by atoms with E-state index in [1.807, 2.05) is 17.0 Å². The van der Waals surface area contributed by atoms with Gasteiger partial charge in [-0.15, -0.1) is 0 Å². The van der Waals surface area contributed by atoms with Crippen LogP contribution in [-0.2, 0) is 18.4 Å². The molecule has 0 saturated carbocycles. The number of pyridine rings is 1. The average Bonchev–Trinajstić information content (AvgIpc) is 2.83. The predicted octanol–water partition coefficient (Wildman–Crippen LogP) is 4.23. The molecule has 0 spiro atoms. The molecule has 2 bridgehead atoms. The standard InChI is InChI=1S/C27H26N2O3/c1-32-25-19-14-18-13-17-5-2-3-7-21(17)24(23(18)22(25)15-19)26(30)29-11-8-27(31,9-12-29)20-6-4-10-28-16-20/h2,4-6,10,13-14,16,31H,3,7-9,11-12,15H2,1H3. The van der Waals surface area contributed by atoms with Crippen molar-refractivity contribution in [3.8, 4) is 5.75 Å². The van der Waals surface area contributed by atoms with Crippen LogP contribution in [0.2, 0.25) is 0 Å². The molecule has 2 heterocycles. The summed E-state index contributed by atoms with van der Waals surface area (Å²) in [4.78, 5) is 20.1. The van der Waals surface area contributed by atoms with E-state index in [2.05, 4.69) is 29.3 Å². The van der Waals surface area contributed by atoms with Crippen molar-refractivity contribution in [3.05, 3.63) is 76.1 Å². The van der Waals surface area contributed by atoms with Gasteiger partial charge in [-0.2, -0.15) is 0 Å². The van der Waals surface area contributed by atoms with Crippen molar-refractivity contribution < 1.29 is 14.6 Å². The minimum absolute atomic E-state index is 0.0772. The zero-order valence-electron chi connectivity index (χ0n) is 18.2. The van der Waals surface area contributed by atoms with Crippen LogP contribution in [0, 0.1) is 0 Å². The molecule has 1 aromatic heterocycles. The van der Waals surface area contributed by atoms with Gasteiger partial charge in [-0.3, -0.25) is 9.78 Å². The number of rotatable bonds is 3. The number of hydrogen-bond acceptors (Lipinski definition) is 4. The lowest BCUT2D eigenvalue weighted by atomic mass is 9.78. The molecule has 3 aromatic rings. The van der Waals surface area contributed by atoms with Gasteiger partial charge in [0.25, 0.3) is 5.91 Å². The van der Waals surface area contributed by atoms with Crippen LogP contribution in [0.15, 0.2) is 42.7 Å². The number of aromatic nitrogens is 1. The van der Waals surface area contributed by atoms with Crippen LogP contribution < -0.4 is 4.74 Å². The molecule has 1 aliphatic heterocycles. The highest BCUT2D eigenvalue weighted by Crippen LogP contribution is 2.46. The summed E-state index contributed by atoms with van der Waals surface area (Å²) < 4.78 is 5.64. The number of likely N-dealkylation sites (tertiary alicyclic amines) is 1. The van der Waals surface area contributed by atoms with E-state index in [1.54, 1.807) is 19.5 Å². The Morgan fingerprint density at radius 1 is 1.22 bits per heavy atom. The average molecular weight is 427 g/mol. The number of nitrogens with zero attached hydrogens (tertiary/aromatic N) is 2. The highest BCUT2D eigenvalue weighted by molar-refractivity contribution is 6.12. The first-order chi connectivity index (χ1) is 15.6. The first-order valence-corrected chi connectivity index (χ1v) is 11.4. The van der Waals surface area contributed by atoms with Crippen LogP contribution in [0.5, 0.6) is 5.75 Å². The van der Waals surface area contributed by atoms with Gasteiger partial charge in [-0.25, -0.2) is 0 Å². The Morgan fingerprint density at radius 3 is 2.81 bits per heavy atom. The van der Waals surface area contributed by atoms with Crippen LogP contribution in [0.3, 0.4) is 0 Å². The van der Waals surface area contributed by atoms with Crippen LogP contribution in [0.1, 0.15) is 57.4 Å². The van der Waals surface area contributed by atoms with Crippen LogP contribution >= 0.6 is 0 Å². The molecule has 5 heteroatoms. The van der Waals surface area contributed by atoms with Crippen molar-refractivity contribution in [2.45, 2.75) is 37.7 Å². The number of methoxy groups -OCH3 is 1. The summed E-state index contributed by atoms with van der Waals surface area (Å²) >= 11 is 0. The number of aliphatic hydroxyl groups is 1. The van der Waals surface area contributed by atoms with E-state index in [9.17, 15) is 9.90 Å². The van der Waals surface area contributed by atoms with E-state index < -0.39 is 5.60 Å². The Labute approximate surface area is 187 Å². The number of hydrogen-bond donors (Lipinski definition) is 1. The monoisotopic (exact) mass is 426 g/mol. The zero-order valence-corrected chi connectivity index (χ0v) is 18.2.